The number of benzene rings is 2. The minimum atomic E-state index is -3.29. The van der Waals surface area contributed by atoms with Gasteiger partial charge in [-0.25, -0.2) is 17.9 Å². The normalized spacial score (nSPS) is 15.5. The van der Waals surface area contributed by atoms with Gasteiger partial charge in [0.15, 0.2) is 0 Å². The van der Waals surface area contributed by atoms with Crippen LogP contribution in [0.5, 0.6) is 0 Å². The molecule has 1 N–H and O–H groups in total. The molecule has 1 saturated heterocycles. The largest absolute Gasteiger partial charge is 0.369 e. The number of fused-ring (bicyclic) bond motifs is 1. The summed E-state index contributed by atoms with van der Waals surface area (Å²) >= 11 is 0. The van der Waals surface area contributed by atoms with Gasteiger partial charge in [0.1, 0.15) is 0 Å². The average molecular weight is 484 g/mol. The fourth-order valence-corrected chi connectivity index (χ4v) is 4.89. The predicted octanol–water partition coefficient (Wildman–Crippen LogP) is 2.04. The Kier molecular flexibility index (Phi) is 7.55. The summed E-state index contributed by atoms with van der Waals surface area (Å²) in [6, 6.07) is 16.3. The van der Waals surface area contributed by atoms with Gasteiger partial charge in [-0.15, -0.1) is 0 Å². The SMILES string of the molecule is Cc1cccc(N2CCN(CC=CCn3c(=O)n(CCNS(C)(=O)=O)c4ccccc43)CC2)c1. The van der Waals surface area contributed by atoms with Gasteiger partial charge in [0.2, 0.25) is 10.0 Å². The van der Waals surface area contributed by atoms with Crippen molar-refractivity contribution in [1.29, 1.82) is 0 Å². The van der Waals surface area contributed by atoms with Crippen LogP contribution in [-0.4, -0.2) is 68.0 Å². The Hall–Kier alpha value is -2.88. The second-order valence-corrected chi connectivity index (χ2v) is 10.6. The molecule has 2 heterocycles. The molecule has 0 bridgehead atoms. The van der Waals surface area contributed by atoms with E-state index >= 15 is 0 Å². The number of nitrogens with one attached hydrogen (secondary N) is 1. The topological polar surface area (TPSA) is 79.6 Å². The van der Waals surface area contributed by atoms with Crippen LogP contribution in [-0.2, 0) is 23.1 Å². The smallest absolute Gasteiger partial charge is 0.329 e. The molecule has 1 fully saturated rings. The van der Waals surface area contributed by atoms with E-state index in [1.165, 1.54) is 11.3 Å². The van der Waals surface area contributed by atoms with Crippen molar-refractivity contribution in [3.63, 3.8) is 0 Å². The number of rotatable bonds is 9. The quantitative estimate of drug-likeness (QED) is 0.471. The summed E-state index contributed by atoms with van der Waals surface area (Å²) in [5.41, 5.74) is 4.10. The Bertz CT molecular complexity index is 1320. The highest BCUT2D eigenvalue weighted by Gasteiger charge is 2.16. The van der Waals surface area contributed by atoms with E-state index in [0.29, 0.717) is 6.54 Å². The van der Waals surface area contributed by atoms with Crippen molar-refractivity contribution in [3.8, 4) is 0 Å². The van der Waals surface area contributed by atoms with E-state index in [1.54, 1.807) is 9.13 Å². The molecule has 0 unspecified atom stereocenters. The summed E-state index contributed by atoms with van der Waals surface area (Å²) in [6.45, 7) is 7.95. The summed E-state index contributed by atoms with van der Waals surface area (Å²) < 4.78 is 28.6. The van der Waals surface area contributed by atoms with Gasteiger partial charge in [0.05, 0.1) is 17.3 Å². The molecule has 1 aliphatic rings. The summed E-state index contributed by atoms with van der Waals surface area (Å²) in [5.74, 6) is 0. The Balaban J connectivity index is 1.35. The highest BCUT2D eigenvalue weighted by atomic mass is 32.2. The molecule has 0 aliphatic carbocycles. The number of hydrogen-bond donors (Lipinski definition) is 1. The fraction of sp³-hybridized carbons (Fsp3) is 0.400. The third-order valence-corrected chi connectivity index (χ3v) is 6.91. The van der Waals surface area contributed by atoms with E-state index in [-0.39, 0.29) is 18.8 Å². The lowest BCUT2D eigenvalue weighted by Gasteiger charge is -2.35. The van der Waals surface area contributed by atoms with Gasteiger partial charge in [0, 0.05) is 58.0 Å². The standard InChI is InChI=1S/C25H33N5O3S/c1-21-8-7-9-22(20-21)28-18-16-27(17-19-28)13-5-6-14-29-23-10-3-4-11-24(23)30(25(29)31)15-12-26-34(2,32)33/h3-11,20,26H,12-19H2,1-2H3. The highest BCUT2D eigenvalue weighted by molar-refractivity contribution is 7.88. The molecule has 1 aliphatic heterocycles. The van der Waals surface area contributed by atoms with Gasteiger partial charge >= 0.3 is 5.69 Å². The van der Waals surface area contributed by atoms with E-state index < -0.39 is 10.0 Å². The molecule has 0 radical (unpaired) electrons. The maximum absolute atomic E-state index is 13.0. The van der Waals surface area contributed by atoms with Crippen molar-refractivity contribution in [3.05, 3.63) is 76.7 Å². The zero-order valence-electron chi connectivity index (χ0n) is 19.9. The number of anilines is 1. The van der Waals surface area contributed by atoms with Crippen LogP contribution in [0.1, 0.15) is 5.56 Å². The summed E-state index contributed by atoms with van der Waals surface area (Å²) in [4.78, 5) is 17.9. The number of aromatic nitrogens is 2. The van der Waals surface area contributed by atoms with Crippen molar-refractivity contribution in [1.82, 2.24) is 18.8 Å². The molecular formula is C25H33N5O3S. The zero-order chi connectivity index (χ0) is 24.1. The van der Waals surface area contributed by atoms with Crippen LogP contribution in [0.15, 0.2) is 65.5 Å². The fourth-order valence-electron chi connectivity index (χ4n) is 4.42. The lowest BCUT2D eigenvalue weighted by Crippen LogP contribution is -2.46. The Morgan fingerprint density at radius 2 is 1.59 bits per heavy atom. The van der Waals surface area contributed by atoms with Gasteiger partial charge < -0.3 is 4.90 Å². The average Bonchev–Trinajstić information content (AvgIpc) is 3.07. The molecule has 0 amide bonds. The number of hydrogen-bond acceptors (Lipinski definition) is 5. The Labute approximate surface area is 201 Å². The minimum Gasteiger partial charge on any atom is -0.369 e. The van der Waals surface area contributed by atoms with E-state index in [1.807, 2.05) is 30.3 Å². The monoisotopic (exact) mass is 483 g/mol. The number of piperazine rings is 1. The third kappa shape index (κ3) is 5.97. The summed E-state index contributed by atoms with van der Waals surface area (Å²) in [6.07, 6.45) is 5.29. The maximum atomic E-state index is 13.0. The number of allylic oxidation sites excluding steroid dienone is 1. The number of sulfonamides is 1. The van der Waals surface area contributed by atoms with E-state index in [4.69, 9.17) is 0 Å². The first-order chi connectivity index (χ1) is 16.3. The summed E-state index contributed by atoms with van der Waals surface area (Å²) in [5, 5.41) is 0. The highest BCUT2D eigenvalue weighted by Crippen LogP contribution is 2.18. The first-order valence-corrected chi connectivity index (χ1v) is 13.5. The van der Waals surface area contributed by atoms with Crippen LogP contribution in [0.2, 0.25) is 0 Å². The molecule has 4 rings (SSSR count). The second kappa shape index (κ2) is 10.6. The van der Waals surface area contributed by atoms with Gasteiger partial charge in [-0.1, -0.05) is 36.4 Å². The second-order valence-electron chi connectivity index (χ2n) is 8.80. The molecule has 182 valence electrons. The molecule has 9 heteroatoms. The predicted molar refractivity (Wildman–Crippen MR) is 138 cm³/mol. The van der Waals surface area contributed by atoms with Crippen LogP contribution in [0.3, 0.4) is 0 Å². The minimum absolute atomic E-state index is 0.132. The Morgan fingerprint density at radius 1 is 0.912 bits per heavy atom. The molecule has 3 aromatic rings. The summed E-state index contributed by atoms with van der Waals surface area (Å²) in [7, 11) is -3.29. The Morgan fingerprint density at radius 3 is 2.26 bits per heavy atom. The molecule has 0 atom stereocenters. The van der Waals surface area contributed by atoms with Crippen LogP contribution in [0.4, 0.5) is 5.69 Å². The zero-order valence-corrected chi connectivity index (χ0v) is 20.7. The van der Waals surface area contributed by atoms with Crippen LogP contribution < -0.4 is 15.3 Å². The molecule has 1 aromatic heterocycles. The third-order valence-electron chi connectivity index (χ3n) is 6.18. The number of para-hydroxylation sites is 2. The van der Waals surface area contributed by atoms with E-state index in [9.17, 15) is 13.2 Å². The van der Waals surface area contributed by atoms with Crippen molar-refractivity contribution >= 4 is 26.7 Å². The van der Waals surface area contributed by atoms with Gasteiger partial charge in [-0.3, -0.25) is 14.0 Å². The number of aryl methyl sites for hydroxylation is 1. The van der Waals surface area contributed by atoms with Crippen LogP contribution in [0.25, 0.3) is 11.0 Å². The van der Waals surface area contributed by atoms with Crippen LogP contribution in [0, 0.1) is 6.92 Å². The first kappa shape index (κ1) is 24.3. The van der Waals surface area contributed by atoms with E-state index in [0.717, 1.165) is 50.0 Å². The number of nitrogens with zero attached hydrogens (tertiary/aromatic N) is 4. The molecule has 2 aromatic carbocycles. The maximum Gasteiger partial charge on any atom is 0.329 e. The first-order valence-electron chi connectivity index (χ1n) is 11.6. The van der Waals surface area contributed by atoms with Crippen LogP contribution >= 0.6 is 0 Å². The van der Waals surface area contributed by atoms with Gasteiger partial charge in [-0.05, 0) is 36.8 Å². The lowest BCUT2D eigenvalue weighted by atomic mass is 10.2. The van der Waals surface area contributed by atoms with Crippen molar-refractivity contribution in [2.75, 3.05) is 50.4 Å². The molecule has 8 nitrogen and oxygen atoms in total. The van der Waals surface area contributed by atoms with E-state index in [2.05, 4.69) is 51.8 Å². The number of imidazole rings is 1. The lowest BCUT2D eigenvalue weighted by molar-refractivity contribution is 0.284. The van der Waals surface area contributed by atoms with Gasteiger partial charge in [-0.2, -0.15) is 0 Å². The van der Waals surface area contributed by atoms with Gasteiger partial charge in [0.25, 0.3) is 0 Å². The van der Waals surface area contributed by atoms with Crippen molar-refractivity contribution in [2.45, 2.75) is 20.0 Å². The molecular weight excluding hydrogens is 450 g/mol. The molecule has 0 spiro atoms. The molecule has 34 heavy (non-hydrogen) atoms. The van der Waals surface area contributed by atoms with Crippen molar-refractivity contribution in [2.24, 2.45) is 0 Å². The molecule has 0 saturated carbocycles. The van der Waals surface area contributed by atoms with Crippen molar-refractivity contribution < 1.29 is 8.42 Å².